The molecule has 0 spiro atoms. The Morgan fingerprint density at radius 1 is 1.11 bits per heavy atom. The molecule has 2 aliphatic rings. The van der Waals surface area contributed by atoms with E-state index in [2.05, 4.69) is 6.92 Å². The van der Waals surface area contributed by atoms with E-state index in [1.807, 2.05) is 0 Å². The lowest BCUT2D eigenvalue weighted by Gasteiger charge is -2.17. The SMILES string of the molecule is CCC1CC2C(=O)N(c3ccc(O)cc3)C(=O)C2C1. The molecule has 1 heterocycles. The van der Waals surface area contributed by atoms with Crippen LogP contribution in [0.25, 0.3) is 0 Å². The predicted molar refractivity (Wildman–Crippen MR) is 70.6 cm³/mol. The summed E-state index contributed by atoms with van der Waals surface area (Å²) >= 11 is 0. The molecule has 2 fully saturated rings. The van der Waals surface area contributed by atoms with Crippen LogP contribution in [0.2, 0.25) is 0 Å². The van der Waals surface area contributed by atoms with Crippen molar-refractivity contribution in [3.05, 3.63) is 24.3 Å². The van der Waals surface area contributed by atoms with E-state index in [1.165, 1.54) is 17.0 Å². The van der Waals surface area contributed by atoms with E-state index in [0.29, 0.717) is 11.6 Å². The fourth-order valence-electron chi connectivity index (χ4n) is 3.32. The van der Waals surface area contributed by atoms with Crippen LogP contribution in [0.5, 0.6) is 5.75 Å². The van der Waals surface area contributed by atoms with Gasteiger partial charge < -0.3 is 5.11 Å². The Labute approximate surface area is 112 Å². The molecule has 2 unspecified atom stereocenters. The van der Waals surface area contributed by atoms with Gasteiger partial charge in [0.15, 0.2) is 0 Å². The fourth-order valence-corrected chi connectivity index (χ4v) is 3.32. The number of carbonyl (C=O) groups excluding carboxylic acids is 2. The number of imide groups is 1. The molecule has 1 saturated heterocycles. The summed E-state index contributed by atoms with van der Waals surface area (Å²) in [6.45, 7) is 2.11. The van der Waals surface area contributed by atoms with Crippen LogP contribution < -0.4 is 4.90 Å². The molecule has 4 heteroatoms. The molecule has 1 aliphatic heterocycles. The molecule has 19 heavy (non-hydrogen) atoms. The van der Waals surface area contributed by atoms with Gasteiger partial charge in [-0.15, -0.1) is 0 Å². The van der Waals surface area contributed by atoms with Crippen molar-refractivity contribution in [1.29, 1.82) is 0 Å². The minimum absolute atomic E-state index is 0.0726. The van der Waals surface area contributed by atoms with Gasteiger partial charge in [-0.25, -0.2) is 0 Å². The van der Waals surface area contributed by atoms with Gasteiger partial charge in [-0.1, -0.05) is 13.3 Å². The lowest BCUT2D eigenvalue weighted by molar-refractivity contribution is -0.123. The summed E-state index contributed by atoms with van der Waals surface area (Å²) in [5.41, 5.74) is 0.565. The molecule has 0 aromatic heterocycles. The quantitative estimate of drug-likeness (QED) is 0.829. The molecule has 0 radical (unpaired) electrons. The maximum absolute atomic E-state index is 12.4. The van der Waals surface area contributed by atoms with Crippen LogP contribution in [0, 0.1) is 17.8 Å². The number of nitrogens with zero attached hydrogens (tertiary/aromatic N) is 1. The minimum Gasteiger partial charge on any atom is -0.508 e. The molecular formula is C15H17NO3. The van der Waals surface area contributed by atoms with Crippen LogP contribution in [0.3, 0.4) is 0 Å². The Morgan fingerprint density at radius 2 is 1.63 bits per heavy atom. The lowest BCUT2D eigenvalue weighted by Crippen LogP contribution is -2.32. The number of aromatic hydroxyl groups is 1. The Bertz CT molecular complexity index is 499. The average molecular weight is 259 g/mol. The second-order valence-corrected chi connectivity index (χ2v) is 5.49. The molecule has 1 saturated carbocycles. The molecule has 1 N–H and O–H groups in total. The van der Waals surface area contributed by atoms with Gasteiger partial charge in [0.2, 0.25) is 11.8 Å². The highest BCUT2D eigenvalue weighted by atomic mass is 16.3. The first-order valence-corrected chi connectivity index (χ1v) is 6.78. The van der Waals surface area contributed by atoms with Gasteiger partial charge in [-0.05, 0) is 43.0 Å². The summed E-state index contributed by atoms with van der Waals surface area (Å²) in [4.78, 5) is 26.1. The van der Waals surface area contributed by atoms with Crippen LogP contribution in [-0.4, -0.2) is 16.9 Å². The number of amides is 2. The van der Waals surface area contributed by atoms with Crippen molar-refractivity contribution < 1.29 is 14.7 Å². The molecule has 2 amide bonds. The van der Waals surface area contributed by atoms with Crippen LogP contribution in [0.1, 0.15) is 26.2 Å². The lowest BCUT2D eigenvalue weighted by atomic mass is 10.00. The number of phenols is 1. The molecule has 0 bridgehead atoms. The van der Waals surface area contributed by atoms with Gasteiger partial charge >= 0.3 is 0 Å². The van der Waals surface area contributed by atoms with Crippen LogP contribution in [0.15, 0.2) is 24.3 Å². The number of hydrogen-bond donors (Lipinski definition) is 1. The van der Waals surface area contributed by atoms with Crippen molar-refractivity contribution in [3.8, 4) is 5.75 Å². The first-order valence-electron chi connectivity index (χ1n) is 6.78. The van der Waals surface area contributed by atoms with Crippen LogP contribution >= 0.6 is 0 Å². The number of carbonyl (C=O) groups is 2. The Balaban J connectivity index is 1.88. The highest BCUT2D eigenvalue weighted by Gasteiger charge is 2.52. The molecular weight excluding hydrogens is 242 g/mol. The maximum atomic E-state index is 12.4. The largest absolute Gasteiger partial charge is 0.508 e. The second kappa shape index (κ2) is 4.37. The Kier molecular flexibility index (Phi) is 2.81. The smallest absolute Gasteiger partial charge is 0.237 e. The highest BCUT2D eigenvalue weighted by Crippen LogP contribution is 2.45. The van der Waals surface area contributed by atoms with Gasteiger partial charge in [-0.2, -0.15) is 0 Å². The van der Waals surface area contributed by atoms with Gasteiger partial charge in [0, 0.05) is 0 Å². The minimum atomic E-state index is -0.133. The van der Waals surface area contributed by atoms with E-state index < -0.39 is 0 Å². The number of benzene rings is 1. The van der Waals surface area contributed by atoms with Crippen molar-refractivity contribution in [3.63, 3.8) is 0 Å². The third-order valence-corrected chi connectivity index (χ3v) is 4.42. The van der Waals surface area contributed by atoms with Crippen molar-refractivity contribution in [1.82, 2.24) is 0 Å². The predicted octanol–water partition coefficient (Wildman–Crippen LogP) is 2.32. The van der Waals surface area contributed by atoms with Crippen LogP contribution in [0.4, 0.5) is 5.69 Å². The Morgan fingerprint density at radius 3 is 2.11 bits per heavy atom. The third kappa shape index (κ3) is 1.82. The van der Waals surface area contributed by atoms with Crippen molar-refractivity contribution in [2.45, 2.75) is 26.2 Å². The Hall–Kier alpha value is -1.84. The summed E-state index contributed by atoms with van der Waals surface area (Å²) in [6.07, 6.45) is 2.70. The number of hydrogen-bond acceptors (Lipinski definition) is 3. The molecule has 3 rings (SSSR count). The summed E-state index contributed by atoms with van der Waals surface area (Å²) < 4.78 is 0. The third-order valence-electron chi connectivity index (χ3n) is 4.42. The monoisotopic (exact) mass is 259 g/mol. The number of fused-ring (bicyclic) bond motifs is 1. The second-order valence-electron chi connectivity index (χ2n) is 5.49. The zero-order valence-corrected chi connectivity index (χ0v) is 10.9. The van der Waals surface area contributed by atoms with Gasteiger partial charge in [0.1, 0.15) is 5.75 Å². The van der Waals surface area contributed by atoms with Crippen molar-refractivity contribution in [2.75, 3.05) is 4.90 Å². The summed E-state index contributed by atoms with van der Waals surface area (Å²) in [6, 6.07) is 6.23. The van der Waals surface area contributed by atoms with Gasteiger partial charge in [-0.3, -0.25) is 14.5 Å². The topological polar surface area (TPSA) is 57.6 Å². The van der Waals surface area contributed by atoms with E-state index in [9.17, 15) is 14.7 Å². The molecule has 4 nitrogen and oxygen atoms in total. The molecule has 1 aliphatic carbocycles. The highest BCUT2D eigenvalue weighted by molar-refractivity contribution is 6.22. The number of anilines is 1. The maximum Gasteiger partial charge on any atom is 0.237 e. The van der Waals surface area contributed by atoms with E-state index >= 15 is 0 Å². The van der Waals surface area contributed by atoms with E-state index in [0.717, 1.165) is 19.3 Å². The van der Waals surface area contributed by atoms with Crippen molar-refractivity contribution >= 4 is 17.5 Å². The molecule has 1 aromatic rings. The van der Waals surface area contributed by atoms with E-state index in [4.69, 9.17) is 0 Å². The summed E-state index contributed by atoms with van der Waals surface area (Å²) in [5, 5.41) is 9.27. The standard InChI is InChI=1S/C15H17NO3/c1-2-9-7-12-13(8-9)15(19)16(14(12)18)10-3-5-11(17)6-4-10/h3-6,9,12-13,17H,2,7-8H2,1H3. The zero-order valence-electron chi connectivity index (χ0n) is 10.9. The summed E-state index contributed by atoms with van der Waals surface area (Å²) in [5.74, 6) is 0.227. The molecule has 100 valence electrons. The van der Waals surface area contributed by atoms with E-state index in [1.54, 1.807) is 12.1 Å². The van der Waals surface area contributed by atoms with E-state index in [-0.39, 0.29) is 29.4 Å². The van der Waals surface area contributed by atoms with Gasteiger partial charge in [0.05, 0.1) is 17.5 Å². The molecule has 1 aromatic carbocycles. The average Bonchev–Trinajstić information content (AvgIpc) is 2.93. The van der Waals surface area contributed by atoms with Crippen LogP contribution in [-0.2, 0) is 9.59 Å². The number of phenolic OH excluding ortho intramolecular Hbond substituents is 1. The van der Waals surface area contributed by atoms with Gasteiger partial charge in [0.25, 0.3) is 0 Å². The van der Waals surface area contributed by atoms with Crippen molar-refractivity contribution in [2.24, 2.45) is 17.8 Å². The number of rotatable bonds is 2. The normalized spacial score (nSPS) is 29.9. The fraction of sp³-hybridized carbons (Fsp3) is 0.467. The zero-order chi connectivity index (χ0) is 13.6. The molecule has 2 atom stereocenters. The first kappa shape index (κ1) is 12.2. The first-order chi connectivity index (χ1) is 9.11. The summed E-state index contributed by atoms with van der Waals surface area (Å²) in [7, 11) is 0.